The number of piperidine rings is 1. The number of hydrogen-bond acceptors (Lipinski definition) is 6. The summed E-state index contributed by atoms with van der Waals surface area (Å²) in [7, 11) is -3.67. The van der Waals surface area contributed by atoms with Crippen molar-refractivity contribution in [1.29, 1.82) is 0 Å². The van der Waals surface area contributed by atoms with Gasteiger partial charge in [-0.1, -0.05) is 29.4 Å². The van der Waals surface area contributed by atoms with E-state index in [1.165, 1.54) is 16.4 Å². The van der Waals surface area contributed by atoms with Gasteiger partial charge in [0.05, 0.1) is 0 Å². The second-order valence-corrected chi connectivity index (χ2v) is 12.4. The van der Waals surface area contributed by atoms with E-state index in [-0.39, 0.29) is 41.6 Å². The number of amides is 1. The summed E-state index contributed by atoms with van der Waals surface area (Å²) in [6, 6.07) is 7.84. The summed E-state index contributed by atoms with van der Waals surface area (Å²) in [5.41, 5.74) is 1.26. The second-order valence-electron chi connectivity index (χ2n) is 10.7. The first-order chi connectivity index (χ1) is 18.3. The highest BCUT2D eigenvalue weighted by molar-refractivity contribution is 7.87. The number of nitrogens with zero attached hydrogens (tertiary/aromatic N) is 2. The van der Waals surface area contributed by atoms with Crippen molar-refractivity contribution in [3.8, 4) is 0 Å². The van der Waals surface area contributed by atoms with Gasteiger partial charge in [-0.05, 0) is 69.6 Å². The molecule has 2 aliphatic carbocycles. The Hall–Kier alpha value is -2.60. The molecule has 0 radical (unpaired) electrons. The Balaban J connectivity index is 1.11. The van der Waals surface area contributed by atoms with Gasteiger partial charge in [0.2, 0.25) is 0 Å². The van der Waals surface area contributed by atoms with Gasteiger partial charge in [-0.2, -0.15) is 17.4 Å². The van der Waals surface area contributed by atoms with Crippen LogP contribution in [-0.4, -0.2) is 55.0 Å². The molecule has 3 atom stereocenters. The van der Waals surface area contributed by atoms with Gasteiger partial charge in [-0.25, -0.2) is 4.39 Å². The molecule has 3 aliphatic rings. The van der Waals surface area contributed by atoms with Crippen LogP contribution in [-0.2, 0) is 10.2 Å². The summed E-state index contributed by atoms with van der Waals surface area (Å²) >= 11 is 0. The zero-order valence-corrected chi connectivity index (χ0v) is 22.4. The summed E-state index contributed by atoms with van der Waals surface area (Å²) in [6.07, 6.45) is 9.13. The van der Waals surface area contributed by atoms with E-state index in [1.54, 1.807) is 18.2 Å². The summed E-state index contributed by atoms with van der Waals surface area (Å²) in [4.78, 5) is 12.7. The highest BCUT2D eigenvalue weighted by atomic mass is 32.2. The van der Waals surface area contributed by atoms with Crippen LogP contribution in [0.3, 0.4) is 0 Å². The van der Waals surface area contributed by atoms with E-state index in [9.17, 15) is 17.6 Å². The number of carbonyl (C=O) groups excluding carboxylic acids is 1. The predicted octanol–water partition coefficient (Wildman–Crippen LogP) is 3.55. The van der Waals surface area contributed by atoms with Crippen molar-refractivity contribution >= 4 is 16.1 Å². The Morgan fingerprint density at radius 2 is 1.74 bits per heavy atom. The highest BCUT2D eigenvalue weighted by Crippen LogP contribution is 2.40. The van der Waals surface area contributed by atoms with E-state index in [1.807, 2.05) is 19.1 Å². The fourth-order valence-corrected chi connectivity index (χ4v) is 6.69. The molecule has 1 saturated carbocycles. The molecule has 206 valence electrons. The standard InChI is InChI=1S/C27H36FN5O4S/c1-18(19-8-10-21(28)11-9-19)29-22-12-14-33(15-13-22)38(35,36)32-24-5-3-2-4-23(16-24)30-27(34)25-17-26(37-31-25)20-6-7-20/h2-3,8-11,17-18,20,22-24,29,32H,4-7,12-16H2,1H3,(H,30,34)/t18-,23+,24+/m1/s1. The lowest BCUT2D eigenvalue weighted by atomic mass is 10.0. The van der Waals surface area contributed by atoms with E-state index >= 15 is 0 Å². The van der Waals surface area contributed by atoms with Crippen molar-refractivity contribution in [2.24, 2.45) is 0 Å². The smallest absolute Gasteiger partial charge is 0.279 e. The summed E-state index contributed by atoms with van der Waals surface area (Å²) in [6.45, 7) is 2.87. The molecule has 2 aromatic rings. The molecule has 1 amide bonds. The fraction of sp³-hybridized carbons (Fsp3) is 0.556. The largest absolute Gasteiger partial charge is 0.360 e. The SMILES string of the molecule is C[C@@H](NC1CCN(S(=O)(=O)N[C@H]2CC=CC[C@H](NC(=O)c3cc(C4CC4)on3)C2)CC1)c1ccc(F)cc1. The van der Waals surface area contributed by atoms with Gasteiger partial charge in [0.25, 0.3) is 16.1 Å². The Bertz CT molecular complexity index is 1240. The molecule has 0 unspecified atom stereocenters. The molecule has 5 rings (SSSR count). The lowest BCUT2D eigenvalue weighted by Crippen LogP contribution is -2.52. The molecule has 2 fully saturated rings. The predicted molar refractivity (Wildman–Crippen MR) is 141 cm³/mol. The molecule has 1 aromatic carbocycles. The molecule has 1 saturated heterocycles. The molecule has 9 nitrogen and oxygen atoms in total. The Morgan fingerprint density at radius 3 is 2.42 bits per heavy atom. The maximum Gasteiger partial charge on any atom is 0.279 e. The van der Waals surface area contributed by atoms with Gasteiger partial charge in [-0.15, -0.1) is 0 Å². The number of halogens is 1. The van der Waals surface area contributed by atoms with Crippen molar-refractivity contribution in [3.05, 3.63) is 65.3 Å². The molecule has 2 heterocycles. The third kappa shape index (κ3) is 6.88. The molecule has 0 bridgehead atoms. The van der Waals surface area contributed by atoms with E-state index in [4.69, 9.17) is 4.52 Å². The van der Waals surface area contributed by atoms with Crippen molar-refractivity contribution in [2.75, 3.05) is 13.1 Å². The first-order valence-electron chi connectivity index (χ1n) is 13.5. The first-order valence-corrected chi connectivity index (χ1v) is 14.9. The van der Waals surface area contributed by atoms with Gasteiger partial charge in [0.15, 0.2) is 5.69 Å². The zero-order valence-electron chi connectivity index (χ0n) is 21.6. The van der Waals surface area contributed by atoms with Gasteiger partial charge < -0.3 is 15.2 Å². The Kier molecular flexibility index (Phi) is 8.27. The molecule has 0 spiro atoms. The number of aromatic nitrogens is 1. The Morgan fingerprint density at radius 1 is 1.05 bits per heavy atom. The van der Waals surface area contributed by atoms with Crippen LogP contribution < -0.4 is 15.4 Å². The number of nitrogens with one attached hydrogen (secondary N) is 3. The third-order valence-electron chi connectivity index (χ3n) is 7.62. The molecule has 11 heteroatoms. The van der Waals surface area contributed by atoms with Crippen LogP contribution in [0.1, 0.15) is 85.6 Å². The topological polar surface area (TPSA) is 117 Å². The van der Waals surface area contributed by atoms with Crippen molar-refractivity contribution < 1.29 is 22.1 Å². The summed E-state index contributed by atoms with van der Waals surface area (Å²) < 4.78 is 49.3. The fourth-order valence-electron chi connectivity index (χ4n) is 5.24. The third-order valence-corrected chi connectivity index (χ3v) is 9.29. The number of rotatable bonds is 9. The minimum atomic E-state index is -3.67. The van der Waals surface area contributed by atoms with E-state index < -0.39 is 10.2 Å². The molecule has 3 N–H and O–H groups in total. The monoisotopic (exact) mass is 545 g/mol. The van der Waals surface area contributed by atoms with Crippen LogP contribution in [0.15, 0.2) is 47.0 Å². The summed E-state index contributed by atoms with van der Waals surface area (Å²) in [5, 5.41) is 10.4. The molecular formula is C27H36FN5O4S. The molecule has 1 aliphatic heterocycles. The average molecular weight is 546 g/mol. The average Bonchev–Trinajstić information content (AvgIpc) is 3.66. The van der Waals surface area contributed by atoms with E-state index in [0.29, 0.717) is 51.1 Å². The lowest BCUT2D eigenvalue weighted by molar-refractivity contribution is 0.0925. The lowest BCUT2D eigenvalue weighted by Gasteiger charge is -2.34. The second kappa shape index (κ2) is 11.6. The maximum atomic E-state index is 13.2. The van der Waals surface area contributed by atoms with Crippen molar-refractivity contribution in [1.82, 2.24) is 24.8 Å². The van der Waals surface area contributed by atoms with Gasteiger partial charge >= 0.3 is 0 Å². The van der Waals surface area contributed by atoms with Gasteiger partial charge in [-0.3, -0.25) is 4.79 Å². The van der Waals surface area contributed by atoms with Gasteiger partial charge in [0.1, 0.15) is 11.6 Å². The number of benzene rings is 1. The van der Waals surface area contributed by atoms with Crippen LogP contribution in [0, 0.1) is 5.82 Å². The molecular weight excluding hydrogens is 509 g/mol. The van der Waals surface area contributed by atoms with Crippen molar-refractivity contribution in [3.63, 3.8) is 0 Å². The van der Waals surface area contributed by atoms with Crippen LogP contribution in [0.4, 0.5) is 4.39 Å². The molecule has 1 aromatic heterocycles. The van der Waals surface area contributed by atoms with E-state index in [2.05, 4.69) is 20.5 Å². The van der Waals surface area contributed by atoms with Crippen molar-refractivity contribution in [2.45, 2.75) is 82.0 Å². The minimum Gasteiger partial charge on any atom is -0.360 e. The zero-order chi connectivity index (χ0) is 26.7. The summed E-state index contributed by atoms with van der Waals surface area (Å²) in [5.74, 6) is 0.572. The Labute approximate surface area is 223 Å². The molecule has 38 heavy (non-hydrogen) atoms. The minimum absolute atomic E-state index is 0.0457. The highest BCUT2D eigenvalue weighted by Gasteiger charge is 2.32. The van der Waals surface area contributed by atoms with Crippen LogP contribution in [0.5, 0.6) is 0 Å². The van der Waals surface area contributed by atoms with E-state index in [0.717, 1.165) is 24.2 Å². The maximum absolute atomic E-state index is 13.2. The van der Waals surface area contributed by atoms with Gasteiger partial charge in [0, 0.05) is 49.2 Å². The number of hydrogen-bond donors (Lipinski definition) is 3. The normalized spacial score (nSPS) is 24.2. The number of carbonyl (C=O) groups is 1. The first kappa shape index (κ1) is 27.0. The van der Waals surface area contributed by atoms with Crippen LogP contribution in [0.2, 0.25) is 0 Å². The quantitative estimate of drug-likeness (QED) is 0.415. The van der Waals surface area contributed by atoms with Crippen LogP contribution in [0.25, 0.3) is 0 Å². The van der Waals surface area contributed by atoms with Crippen LogP contribution >= 0.6 is 0 Å².